The Morgan fingerprint density at radius 2 is 1.05 bits per heavy atom. The first kappa shape index (κ1) is 23.0. The molecule has 2 aromatic heterocycles. The second kappa shape index (κ2) is 9.30. The van der Waals surface area contributed by atoms with Crippen molar-refractivity contribution in [1.29, 1.82) is 0 Å². The van der Waals surface area contributed by atoms with Gasteiger partial charge in [-0.1, -0.05) is 115 Å². The summed E-state index contributed by atoms with van der Waals surface area (Å²) in [6.45, 7) is 0. The molecule has 0 saturated carbocycles. The summed E-state index contributed by atoms with van der Waals surface area (Å²) < 4.78 is 7.56. The number of benzene rings is 5. The van der Waals surface area contributed by atoms with Gasteiger partial charge in [0.15, 0.2) is 0 Å². The second-order valence-electron chi connectivity index (χ2n) is 9.64. The number of aromatic nitrogens is 1. The van der Waals surface area contributed by atoms with Crippen molar-refractivity contribution in [3.05, 3.63) is 144 Å². The maximum atomic E-state index is 14.6. The van der Waals surface area contributed by atoms with Crippen molar-refractivity contribution in [1.82, 2.24) is 4.40 Å². The Kier molecular flexibility index (Phi) is 5.49. The van der Waals surface area contributed by atoms with Crippen LogP contribution < -0.4 is 10.3 Å². The fourth-order valence-electron chi connectivity index (χ4n) is 5.78. The molecule has 0 spiro atoms. The van der Waals surface area contributed by atoms with Crippen molar-refractivity contribution < 1.29 is 4.74 Å². The van der Waals surface area contributed by atoms with Crippen LogP contribution in [-0.4, -0.2) is 11.5 Å². The minimum Gasteiger partial charge on any atom is -0.497 e. The number of ether oxygens (including phenoxy) is 1. The summed E-state index contributed by atoms with van der Waals surface area (Å²) in [6, 6.07) is 45.1. The van der Waals surface area contributed by atoms with Crippen LogP contribution in [0.2, 0.25) is 0 Å². The maximum absolute atomic E-state index is 14.6. The van der Waals surface area contributed by atoms with E-state index in [2.05, 4.69) is 54.6 Å². The van der Waals surface area contributed by atoms with Crippen molar-refractivity contribution in [2.45, 2.75) is 0 Å². The van der Waals surface area contributed by atoms with Crippen molar-refractivity contribution >= 4 is 27.1 Å². The van der Waals surface area contributed by atoms with Crippen LogP contribution >= 0.6 is 0 Å². The van der Waals surface area contributed by atoms with Gasteiger partial charge in [-0.2, -0.15) is 0 Å². The van der Waals surface area contributed by atoms with Crippen LogP contribution in [0.1, 0.15) is 0 Å². The van der Waals surface area contributed by atoms with E-state index in [-0.39, 0.29) is 5.56 Å². The summed E-state index contributed by atoms with van der Waals surface area (Å²) in [5, 5.41) is 3.65. The minimum atomic E-state index is -0.0517. The maximum Gasteiger partial charge on any atom is 0.263 e. The van der Waals surface area contributed by atoms with Gasteiger partial charge in [0, 0.05) is 27.3 Å². The third-order valence-electron chi connectivity index (χ3n) is 7.47. The van der Waals surface area contributed by atoms with Gasteiger partial charge in [0.25, 0.3) is 5.56 Å². The third kappa shape index (κ3) is 3.63. The van der Waals surface area contributed by atoms with Crippen molar-refractivity contribution in [3.63, 3.8) is 0 Å². The molecule has 0 unspecified atom stereocenters. The summed E-state index contributed by atoms with van der Waals surface area (Å²) in [7, 11) is 1.66. The van der Waals surface area contributed by atoms with E-state index >= 15 is 0 Å². The molecule has 0 saturated heterocycles. The molecule has 0 radical (unpaired) electrons. The number of methoxy groups -OCH3 is 1. The molecular formula is C36H25NO2. The number of fused-ring (bicyclic) bond motifs is 4. The van der Waals surface area contributed by atoms with Crippen LogP contribution in [0.4, 0.5) is 0 Å². The summed E-state index contributed by atoms with van der Waals surface area (Å²) in [5.74, 6) is 0.719. The molecule has 5 aromatic carbocycles. The third-order valence-corrected chi connectivity index (χ3v) is 7.47. The number of hydrogen-bond acceptors (Lipinski definition) is 2. The number of pyridine rings is 2. The molecule has 7 rings (SSSR count). The fourth-order valence-corrected chi connectivity index (χ4v) is 5.78. The number of nitrogens with zero attached hydrogens (tertiary/aromatic N) is 1. The average molecular weight is 504 g/mol. The highest BCUT2D eigenvalue weighted by molar-refractivity contribution is 6.17. The Balaban J connectivity index is 1.84. The van der Waals surface area contributed by atoms with Crippen LogP contribution in [0.3, 0.4) is 0 Å². The van der Waals surface area contributed by atoms with E-state index in [1.807, 2.05) is 83.3 Å². The largest absolute Gasteiger partial charge is 0.497 e. The molecule has 0 N–H and O–H groups in total. The molecule has 0 bridgehead atoms. The molecule has 0 fully saturated rings. The highest BCUT2D eigenvalue weighted by atomic mass is 16.5. The summed E-state index contributed by atoms with van der Waals surface area (Å²) in [6.07, 6.45) is 0. The monoisotopic (exact) mass is 503 g/mol. The normalized spacial score (nSPS) is 11.3. The molecule has 0 aliphatic carbocycles. The lowest BCUT2D eigenvalue weighted by Crippen LogP contribution is -2.18. The molecular weight excluding hydrogens is 478 g/mol. The summed E-state index contributed by atoms with van der Waals surface area (Å²) in [4.78, 5) is 14.6. The van der Waals surface area contributed by atoms with E-state index in [1.54, 1.807) is 7.11 Å². The zero-order valence-electron chi connectivity index (χ0n) is 21.5. The second-order valence-corrected chi connectivity index (χ2v) is 9.64. The van der Waals surface area contributed by atoms with Gasteiger partial charge in [-0.15, -0.1) is 0 Å². The zero-order chi connectivity index (χ0) is 26.3. The van der Waals surface area contributed by atoms with Gasteiger partial charge >= 0.3 is 0 Å². The highest BCUT2D eigenvalue weighted by Gasteiger charge is 2.23. The standard InChI is InChI=1S/C36H25NO2/c1-39-27-21-22-30-31(23-27)33(25-15-7-3-8-16-25)35-29-20-12-11-19-28(29)32(24-13-5-2-6-14-24)34(37(35)36(30)38)26-17-9-4-10-18-26/h2-23H,1H3. The van der Waals surface area contributed by atoms with Crippen LogP contribution in [0.15, 0.2) is 138 Å². The van der Waals surface area contributed by atoms with E-state index in [9.17, 15) is 4.79 Å². The van der Waals surface area contributed by atoms with Gasteiger partial charge in [-0.3, -0.25) is 9.20 Å². The first-order chi connectivity index (χ1) is 19.3. The summed E-state index contributed by atoms with van der Waals surface area (Å²) in [5.41, 5.74) is 6.87. The van der Waals surface area contributed by atoms with Crippen molar-refractivity contribution in [2.75, 3.05) is 7.11 Å². The van der Waals surface area contributed by atoms with E-state index in [0.29, 0.717) is 5.39 Å². The molecule has 0 aliphatic heterocycles. The van der Waals surface area contributed by atoms with E-state index in [1.165, 1.54) is 0 Å². The molecule has 7 aromatic rings. The minimum absolute atomic E-state index is 0.0517. The Hall–Kier alpha value is -5.15. The predicted molar refractivity (Wildman–Crippen MR) is 162 cm³/mol. The van der Waals surface area contributed by atoms with E-state index in [0.717, 1.165) is 60.9 Å². The topological polar surface area (TPSA) is 30.7 Å². The van der Waals surface area contributed by atoms with Crippen LogP contribution in [0.5, 0.6) is 5.75 Å². The molecule has 3 nitrogen and oxygen atoms in total. The first-order valence-corrected chi connectivity index (χ1v) is 13.0. The lowest BCUT2D eigenvalue weighted by molar-refractivity contribution is 0.415. The lowest BCUT2D eigenvalue weighted by atomic mass is 9.89. The first-order valence-electron chi connectivity index (χ1n) is 13.0. The Labute approximate surface area is 226 Å². The number of hydrogen-bond donors (Lipinski definition) is 0. The molecule has 39 heavy (non-hydrogen) atoms. The van der Waals surface area contributed by atoms with Gasteiger partial charge in [0.1, 0.15) is 5.75 Å². The van der Waals surface area contributed by atoms with Gasteiger partial charge in [-0.05, 0) is 40.3 Å². The van der Waals surface area contributed by atoms with Gasteiger partial charge in [0.05, 0.1) is 18.3 Å². The van der Waals surface area contributed by atoms with Crippen LogP contribution in [0, 0.1) is 0 Å². The van der Waals surface area contributed by atoms with Gasteiger partial charge in [-0.25, -0.2) is 0 Å². The smallest absolute Gasteiger partial charge is 0.263 e. The van der Waals surface area contributed by atoms with Gasteiger partial charge in [0.2, 0.25) is 0 Å². The predicted octanol–water partition coefficient (Wildman–Crippen LogP) is 8.62. The fraction of sp³-hybridized carbons (Fsp3) is 0.0278. The zero-order valence-corrected chi connectivity index (χ0v) is 21.5. The van der Waals surface area contributed by atoms with Crippen molar-refractivity contribution in [3.8, 4) is 39.3 Å². The quantitative estimate of drug-likeness (QED) is 0.178. The van der Waals surface area contributed by atoms with E-state index < -0.39 is 0 Å². The summed E-state index contributed by atoms with van der Waals surface area (Å²) >= 11 is 0. The van der Waals surface area contributed by atoms with Crippen LogP contribution in [0.25, 0.3) is 60.6 Å². The SMILES string of the molecule is COc1ccc2c(=O)n3c(-c4ccccc4)c(-c4ccccc4)c4ccccc4c3c(-c3ccccc3)c2c1. The van der Waals surface area contributed by atoms with Crippen LogP contribution in [-0.2, 0) is 0 Å². The molecule has 0 aliphatic rings. The Bertz CT molecular complexity index is 2040. The Morgan fingerprint density at radius 3 is 1.67 bits per heavy atom. The molecule has 3 heteroatoms. The average Bonchev–Trinajstić information content (AvgIpc) is 3.01. The number of rotatable bonds is 4. The molecule has 2 heterocycles. The van der Waals surface area contributed by atoms with E-state index in [4.69, 9.17) is 4.74 Å². The Morgan fingerprint density at radius 1 is 0.513 bits per heavy atom. The molecule has 0 atom stereocenters. The molecule has 0 amide bonds. The lowest BCUT2D eigenvalue weighted by Gasteiger charge is -2.22. The molecule has 186 valence electrons. The van der Waals surface area contributed by atoms with Crippen molar-refractivity contribution in [2.24, 2.45) is 0 Å². The van der Waals surface area contributed by atoms with Gasteiger partial charge < -0.3 is 4.74 Å². The highest BCUT2D eigenvalue weighted by Crippen LogP contribution is 2.44.